The van der Waals surface area contributed by atoms with Gasteiger partial charge in [0, 0.05) is 23.5 Å². The maximum atomic E-state index is 12.2. The monoisotopic (exact) mass is 509 g/mol. The van der Waals surface area contributed by atoms with Gasteiger partial charge < -0.3 is 15.4 Å². The summed E-state index contributed by atoms with van der Waals surface area (Å²) in [7, 11) is 0. The van der Waals surface area contributed by atoms with Gasteiger partial charge in [0.25, 0.3) is 0 Å². The number of hydrogen-bond acceptors (Lipinski definition) is 8. The van der Waals surface area contributed by atoms with Gasteiger partial charge in [-0.3, -0.25) is 14.5 Å². The Morgan fingerprint density at radius 2 is 2.00 bits per heavy atom. The van der Waals surface area contributed by atoms with Crippen molar-refractivity contribution in [3.63, 3.8) is 0 Å². The van der Waals surface area contributed by atoms with E-state index in [1.807, 2.05) is 57.2 Å². The molecule has 0 aliphatic heterocycles. The van der Waals surface area contributed by atoms with E-state index in [-0.39, 0.29) is 12.5 Å². The van der Waals surface area contributed by atoms with E-state index < -0.39 is 5.60 Å². The lowest BCUT2D eigenvalue weighted by Crippen LogP contribution is -2.26. The number of carbonyl (C=O) groups excluding carboxylic acids is 1. The van der Waals surface area contributed by atoms with E-state index in [2.05, 4.69) is 46.6 Å². The molecule has 4 aromatic rings. The molecule has 0 fully saturated rings. The summed E-state index contributed by atoms with van der Waals surface area (Å²) in [6, 6.07) is 11.5. The second-order valence-electron chi connectivity index (χ2n) is 8.35. The number of benzene rings is 1. The first-order chi connectivity index (χ1) is 15.8. The Morgan fingerprint density at radius 1 is 1.15 bits per heavy atom. The van der Waals surface area contributed by atoms with Gasteiger partial charge in [-0.25, -0.2) is 4.98 Å². The van der Waals surface area contributed by atoms with E-state index >= 15 is 0 Å². The van der Waals surface area contributed by atoms with Crippen LogP contribution in [0.1, 0.15) is 26.5 Å². The lowest BCUT2D eigenvalue weighted by molar-refractivity contribution is -0.155. The Kier molecular flexibility index (Phi) is 6.55. The molecular weight excluding hydrogens is 486 g/mol. The molecule has 0 saturated carbocycles. The maximum absolute atomic E-state index is 12.2. The number of hydrogen-bond donors (Lipinski definition) is 2. The number of halogens is 1. The number of rotatable bonds is 7. The fraction of sp³-hybridized carbons (Fsp3) is 0.261. The minimum Gasteiger partial charge on any atom is -0.459 e. The molecule has 3 heterocycles. The molecule has 0 bridgehead atoms. The second kappa shape index (κ2) is 9.53. The number of pyridine rings is 1. The van der Waals surface area contributed by atoms with Crippen LogP contribution in [0, 0.1) is 0 Å². The summed E-state index contributed by atoms with van der Waals surface area (Å²) in [6.07, 6.45) is 5.16. The molecule has 4 rings (SSSR count). The summed E-state index contributed by atoms with van der Waals surface area (Å²) in [5.74, 6) is 0.735. The molecule has 10 heteroatoms. The molecule has 170 valence electrons. The van der Waals surface area contributed by atoms with Gasteiger partial charge in [-0.05, 0) is 67.0 Å². The lowest BCUT2D eigenvalue weighted by atomic mass is 10.2. The summed E-state index contributed by atoms with van der Waals surface area (Å²) in [5, 5.41) is 11.7. The van der Waals surface area contributed by atoms with E-state index in [1.54, 1.807) is 23.3 Å². The minimum atomic E-state index is -0.548. The Morgan fingerprint density at radius 3 is 2.76 bits per heavy atom. The third kappa shape index (κ3) is 6.04. The number of fused-ring (bicyclic) bond motifs is 1. The van der Waals surface area contributed by atoms with Crippen LogP contribution in [0.15, 0.2) is 59.5 Å². The SMILES string of the molecule is CC(C)(C)OC(=O)Cn1ncc2ccc(Nc3ncc(Br)c(NCc4ccccn4)n3)cc21. The van der Waals surface area contributed by atoms with Crippen molar-refractivity contribution in [3.05, 3.63) is 65.2 Å². The quantitative estimate of drug-likeness (QED) is 0.345. The first-order valence-corrected chi connectivity index (χ1v) is 11.2. The first kappa shape index (κ1) is 22.7. The minimum absolute atomic E-state index is 0.0284. The van der Waals surface area contributed by atoms with Gasteiger partial charge in [-0.1, -0.05) is 6.07 Å². The Labute approximate surface area is 199 Å². The van der Waals surface area contributed by atoms with Crippen molar-refractivity contribution in [1.29, 1.82) is 0 Å². The standard InChI is InChI=1S/C23H24BrN7O2/c1-23(2,3)33-20(32)14-31-19-10-16(8-7-15(19)11-28-31)29-22-27-13-18(24)21(30-22)26-12-17-6-4-5-9-25-17/h4-11,13H,12,14H2,1-3H3,(H2,26,27,29,30). The van der Waals surface area contributed by atoms with Crippen molar-refractivity contribution >= 4 is 50.3 Å². The van der Waals surface area contributed by atoms with E-state index in [1.165, 1.54) is 0 Å². The van der Waals surface area contributed by atoms with Gasteiger partial charge in [0.15, 0.2) is 0 Å². The Bertz CT molecular complexity index is 1270. The van der Waals surface area contributed by atoms with Crippen molar-refractivity contribution in [1.82, 2.24) is 24.7 Å². The highest BCUT2D eigenvalue weighted by molar-refractivity contribution is 9.10. The number of aromatic nitrogens is 5. The summed E-state index contributed by atoms with van der Waals surface area (Å²) < 4.78 is 7.78. The molecule has 0 aliphatic rings. The highest BCUT2D eigenvalue weighted by Crippen LogP contribution is 2.25. The van der Waals surface area contributed by atoms with Crippen LogP contribution in [0.3, 0.4) is 0 Å². The highest BCUT2D eigenvalue weighted by Gasteiger charge is 2.18. The fourth-order valence-corrected chi connectivity index (χ4v) is 3.46. The lowest BCUT2D eigenvalue weighted by Gasteiger charge is -2.19. The largest absolute Gasteiger partial charge is 0.459 e. The molecule has 1 aromatic carbocycles. The van der Waals surface area contributed by atoms with Crippen LogP contribution in [0.25, 0.3) is 10.9 Å². The molecule has 0 radical (unpaired) electrons. The van der Waals surface area contributed by atoms with Crippen LogP contribution in [-0.2, 0) is 22.6 Å². The van der Waals surface area contributed by atoms with Crippen LogP contribution in [-0.4, -0.2) is 36.3 Å². The Hall–Kier alpha value is -3.53. The van der Waals surface area contributed by atoms with Crippen LogP contribution in [0.2, 0.25) is 0 Å². The van der Waals surface area contributed by atoms with Crippen LogP contribution in [0.4, 0.5) is 17.5 Å². The molecule has 0 aliphatic carbocycles. The molecule has 0 atom stereocenters. The number of ether oxygens (including phenoxy) is 1. The number of anilines is 3. The van der Waals surface area contributed by atoms with Crippen molar-refractivity contribution < 1.29 is 9.53 Å². The van der Waals surface area contributed by atoms with Gasteiger partial charge in [0.1, 0.15) is 18.0 Å². The molecule has 2 N–H and O–H groups in total. The smallest absolute Gasteiger partial charge is 0.328 e. The Balaban J connectivity index is 1.50. The van der Waals surface area contributed by atoms with Gasteiger partial charge in [0.2, 0.25) is 5.95 Å². The van der Waals surface area contributed by atoms with Gasteiger partial charge in [0.05, 0.1) is 28.4 Å². The van der Waals surface area contributed by atoms with E-state index in [9.17, 15) is 4.79 Å². The van der Waals surface area contributed by atoms with Crippen LogP contribution < -0.4 is 10.6 Å². The predicted molar refractivity (Wildman–Crippen MR) is 130 cm³/mol. The van der Waals surface area contributed by atoms with Crippen LogP contribution >= 0.6 is 15.9 Å². The average molecular weight is 510 g/mol. The number of nitrogens with one attached hydrogen (secondary N) is 2. The maximum Gasteiger partial charge on any atom is 0.328 e. The molecule has 0 saturated heterocycles. The number of esters is 1. The van der Waals surface area contributed by atoms with Crippen molar-refractivity contribution in [2.45, 2.75) is 39.5 Å². The topological polar surface area (TPSA) is 107 Å². The van der Waals surface area contributed by atoms with Crippen molar-refractivity contribution in [2.75, 3.05) is 10.6 Å². The van der Waals surface area contributed by atoms with Crippen molar-refractivity contribution in [3.8, 4) is 0 Å². The molecule has 0 spiro atoms. The zero-order valence-corrected chi connectivity index (χ0v) is 20.1. The normalized spacial score (nSPS) is 11.4. The zero-order valence-electron chi connectivity index (χ0n) is 18.5. The summed E-state index contributed by atoms with van der Waals surface area (Å²) in [4.78, 5) is 25.5. The number of nitrogens with zero attached hydrogens (tertiary/aromatic N) is 5. The summed E-state index contributed by atoms with van der Waals surface area (Å²) in [5.41, 5.74) is 1.93. The molecule has 0 unspecified atom stereocenters. The average Bonchev–Trinajstić information content (AvgIpc) is 3.15. The molecular formula is C23H24BrN7O2. The number of carbonyl (C=O) groups is 1. The molecule has 9 nitrogen and oxygen atoms in total. The van der Waals surface area contributed by atoms with Gasteiger partial charge in [-0.15, -0.1) is 0 Å². The fourth-order valence-electron chi connectivity index (χ4n) is 3.13. The highest BCUT2D eigenvalue weighted by atomic mass is 79.9. The van der Waals surface area contributed by atoms with E-state index in [0.29, 0.717) is 18.3 Å². The molecule has 33 heavy (non-hydrogen) atoms. The molecule has 0 amide bonds. The van der Waals surface area contributed by atoms with E-state index in [4.69, 9.17) is 4.74 Å². The third-order valence-corrected chi connectivity index (χ3v) is 5.09. The zero-order chi connectivity index (χ0) is 23.4. The third-order valence-electron chi connectivity index (χ3n) is 4.51. The molecule has 3 aromatic heterocycles. The van der Waals surface area contributed by atoms with Gasteiger partial charge in [-0.2, -0.15) is 10.1 Å². The van der Waals surface area contributed by atoms with Crippen LogP contribution in [0.5, 0.6) is 0 Å². The van der Waals surface area contributed by atoms with E-state index in [0.717, 1.165) is 26.8 Å². The predicted octanol–water partition coefficient (Wildman–Crippen LogP) is 4.68. The first-order valence-electron chi connectivity index (χ1n) is 10.4. The van der Waals surface area contributed by atoms with Crippen molar-refractivity contribution in [2.24, 2.45) is 0 Å². The summed E-state index contributed by atoms with van der Waals surface area (Å²) >= 11 is 3.48. The summed E-state index contributed by atoms with van der Waals surface area (Å²) in [6.45, 7) is 6.08. The second-order valence-corrected chi connectivity index (χ2v) is 9.21. The van der Waals surface area contributed by atoms with Gasteiger partial charge >= 0.3 is 5.97 Å².